The second kappa shape index (κ2) is 6.32. The Bertz CT molecular complexity index is 354. The summed E-state index contributed by atoms with van der Waals surface area (Å²) in [5, 5.41) is 8.78. The Morgan fingerprint density at radius 1 is 1.47 bits per heavy atom. The molecule has 100 valence electrons. The molecule has 17 heavy (non-hydrogen) atoms. The lowest BCUT2D eigenvalue weighted by atomic mass is 10.0. The van der Waals surface area contributed by atoms with Crippen molar-refractivity contribution in [3.63, 3.8) is 0 Å². The van der Waals surface area contributed by atoms with Crippen LogP contribution in [0.4, 0.5) is 0 Å². The smallest absolute Gasteiger partial charge is 0.304 e. The fraction of sp³-hybridized carbons (Fsp3) is 0.900. The van der Waals surface area contributed by atoms with Crippen molar-refractivity contribution >= 4 is 16.0 Å². The number of methoxy groups -OCH3 is 1. The Labute approximate surface area is 102 Å². The standard InChI is InChI=1S/C10H19NO5S/c1-16-6-7-17(14,15)11-5-3-2-4-9(11)8-10(12)13/h9H,2-8H2,1H3,(H,12,13). The van der Waals surface area contributed by atoms with Gasteiger partial charge in [0.15, 0.2) is 0 Å². The van der Waals surface area contributed by atoms with Gasteiger partial charge in [0.25, 0.3) is 0 Å². The van der Waals surface area contributed by atoms with Crippen LogP contribution < -0.4 is 0 Å². The Hall–Kier alpha value is -0.660. The minimum absolute atomic E-state index is 0.0837. The Morgan fingerprint density at radius 3 is 2.76 bits per heavy atom. The van der Waals surface area contributed by atoms with Gasteiger partial charge in [0.05, 0.1) is 18.8 Å². The monoisotopic (exact) mass is 265 g/mol. The van der Waals surface area contributed by atoms with E-state index in [0.717, 1.165) is 12.8 Å². The second-order valence-electron chi connectivity index (χ2n) is 4.17. The number of sulfonamides is 1. The average Bonchev–Trinajstić information content (AvgIpc) is 2.26. The number of piperidine rings is 1. The van der Waals surface area contributed by atoms with Crippen LogP contribution in [0.5, 0.6) is 0 Å². The summed E-state index contributed by atoms with van der Waals surface area (Å²) in [6.07, 6.45) is 2.18. The van der Waals surface area contributed by atoms with Gasteiger partial charge in [-0.05, 0) is 12.8 Å². The Balaban J connectivity index is 2.72. The van der Waals surface area contributed by atoms with Crippen LogP contribution >= 0.6 is 0 Å². The molecule has 0 aliphatic carbocycles. The molecule has 1 N–H and O–H groups in total. The molecule has 7 heteroatoms. The zero-order chi connectivity index (χ0) is 12.9. The number of carbonyl (C=O) groups is 1. The first-order chi connectivity index (χ1) is 7.97. The maximum atomic E-state index is 12.0. The molecule has 0 saturated carbocycles. The third kappa shape index (κ3) is 4.25. The number of aliphatic carboxylic acids is 1. The number of carboxylic acids is 1. The highest BCUT2D eigenvalue weighted by Crippen LogP contribution is 2.23. The van der Waals surface area contributed by atoms with Crippen LogP contribution in [0.3, 0.4) is 0 Å². The number of ether oxygens (including phenoxy) is 1. The van der Waals surface area contributed by atoms with E-state index < -0.39 is 22.0 Å². The van der Waals surface area contributed by atoms with E-state index >= 15 is 0 Å². The SMILES string of the molecule is COCCS(=O)(=O)N1CCCCC1CC(=O)O. The molecule has 0 amide bonds. The van der Waals surface area contributed by atoms with Crippen molar-refractivity contribution in [1.82, 2.24) is 4.31 Å². The molecular formula is C10H19NO5S. The highest BCUT2D eigenvalue weighted by Gasteiger charge is 2.33. The topological polar surface area (TPSA) is 83.9 Å². The van der Waals surface area contributed by atoms with Crippen LogP contribution in [0.1, 0.15) is 25.7 Å². The normalized spacial score (nSPS) is 22.5. The summed E-state index contributed by atoms with van der Waals surface area (Å²) in [5.41, 5.74) is 0. The van der Waals surface area contributed by atoms with Gasteiger partial charge in [0.2, 0.25) is 10.0 Å². The van der Waals surface area contributed by atoms with Crippen LogP contribution in [0.25, 0.3) is 0 Å². The van der Waals surface area contributed by atoms with E-state index in [4.69, 9.17) is 9.84 Å². The largest absolute Gasteiger partial charge is 0.481 e. The van der Waals surface area contributed by atoms with Crippen molar-refractivity contribution in [2.45, 2.75) is 31.7 Å². The quantitative estimate of drug-likeness (QED) is 0.746. The molecule has 0 aromatic carbocycles. The predicted octanol–water partition coefficient (Wildman–Crippen LogP) is 0.292. The van der Waals surface area contributed by atoms with E-state index in [2.05, 4.69) is 0 Å². The number of carboxylic acid groups (broad SMARTS) is 1. The van der Waals surface area contributed by atoms with Crippen LogP contribution in [-0.4, -0.2) is 55.9 Å². The van der Waals surface area contributed by atoms with Crippen molar-refractivity contribution in [3.8, 4) is 0 Å². The molecule has 1 atom stereocenters. The predicted molar refractivity (Wildman–Crippen MR) is 62.3 cm³/mol. The molecule has 6 nitrogen and oxygen atoms in total. The zero-order valence-electron chi connectivity index (χ0n) is 9.96. The molecular weight excluding hydrogens is 246 g/mol. The van der Waals surface area contributed by atoms with Crippen LogP contribution in [-0.2, 0) is 19.6 Å². The lowest BCUT2D eigenvalue weighted by Crippen LogP contribution is -2.46. The Morgan fingerprint density at radius 2 is 2.18 bits per heavy atom. The number of nitrogens with zero attached hydrogens (tertiary/aromatic N) is 1. The first-order valence-corrected chi connectivity index (χ1v) is 7.28. The van der Waals surface area contributed by atoms with Gasteiger partial charge in [-0.1, -0.05) is 6.42 Å². The van der Waals surface area contributed by atoms with Crippen molar-refractivity contribution in [1.29, 1.82) is 0 Å². The number of hydrogen-bond donors (Lipinski definition) is 1. The third-order valence-electron chi connectivity index (χ3n) is 2.89. The highest BCUT2D eigenvalue weighted by molar-refractivity contribution is 7.89. The molecule has 1 heterocycles. The molecule has 1 saturated heterocycles. The van der Waals surface area contributed by atoms with Gasteiger partial charge in [-0.3, -0.25) is 4.79 Å². The van der Waals surface area contributed by atoms with E-state index in [1.165, 1.54) is 11.4 Å². The second-order valence-corrected chi connectivity index (χ2v) is 6.21. The Kier molecular flexibility index (Phi) is 5.35. The summed E-state index contributed by atoms with van der Waals surface area (Å²) in [6.45, 7) is 0.558. The van der Waals surface area contributed by atoms with Crippen LogP contribution in [0.15, 0.2) is 0 Å². The first-order valence-electron chi connectivity index (χ1n) is 5.67. The van der Waals surface area contributed by atoms with Crippen molar-refractivity contribution in [3.05, 3.63) is 0 Å². The van der Waals surface area contributed by atoms with Crippen molar-refractivity contribution in [2.75, 3.05) is 26.0 Å². The molecule has 1 aliphatic rings. The average molecular weight is 265 g/mol. The highest BCUT2D eigenvalue weighted by atomic mass is 32.2. The molecule has 1 fully saturated rings. The summed E-state index contributed by atoms with van der Waals surface area (Å²) in [4.78, 5) is 10.7. The van der Waals surface area contributed by atoms with E-state index in [-0.39, 0.29) is 18.8 Å². The molecule has 0 radical (unpaired) electrons. The van der Waals surface area contributed by atoms with E-state index in [0.29, 0.717) is 13.0 Å². The van der Waals surface area contributed by atoms with Gasteiger partial charge >= 0.3 is 5.97 Å². The van der Waals surface area contributed by atoms with Gasteiger partial charge in [0, 0.05) is 19.7 Å². The number of hydrogen-bond acceptors (Lipinski definition) is 4. The number of rotatable bonds is 6. The summed E-state index contributed by atoms with van der Waals surface area (Å²) in [5.74, 6) is -1.04. The van der Waals surface area contributed by atoms with Crippen molar-refractivity contribution < 1.29 is 23.1 Å². The lowest BCUT2D eigenvalue weighted by molar-refractivity contribution is -0.138. The van der Waals surface area contributed by atoms with Crippen LogP contribution in [0, 0.1) is 0 Å². The summed E-state index contributed by atoms with van der Waals surface area (Å²) >= 11 is 0. The summed E-state index contributed by atoms with van der Waals surface area (Å²) in [7, 11) is -1.95. The molecule has 1 unspecified atom stereocenters. The molecule has 1 aliphatic heterocycles. The van der Waals surface area contributed by atoms with Crippen LogP contribution in [0.2, 0.25) is 0 Å². The van der Waals surface area contributed by atoms with Gasteiger partial charge in [0.1, 0.15) is 0 Å². The van der Waals surface area contributed by atoms with Gasteiger partial charge in [-0.15, -0.1) is 0 Å². The maximum absolute atomic E-state index is 12.0. The minimum atomic E-state index is -3.40. The molecule has 0 spiro atoms. The first kappa shape index (κ1) is 14.4. The van der Waals surface area contributed by atoms with Gasteiger partial charge in [-0.2, -0.15) is 4.31 Å². The van der Waals surface area contributed by atoms with E-state index in [9.17, 15) is 13.2 Å². The van der Waals surface area contributed by atoms with E-state index in [1.807, 2.05) is 0 Å². The zero-order valence-corrected chi connectivity index (χ0v) is 10.8. The molecule has 0 bridgehead atoms. The maximum Gasteiger partial charge on any atom is 0.304 e. The third-order valence-corrected chi connectivity index (χ3v) is 4.76. The fourth-order valence-corrected chi connectivity index (χ4v) is 3.70. The summed E-state index contributed by atoms with van der Waals surface area (Å²) in [6, 6.07) is -0.400. The molecule has 0 aromatic rings. The van der Waals surface area contributed by atoms with Gasteiger partial charge < -0.3 is 9.84 Å². The van der Waals surface area contributed by atoms with E-state index in [1.54, 1.807) is 0 Å². The summed E-state index contributed by atoms with van der Waals surface area (Å²) < 4.78 is 30.1. The van der Waals surface area contributed by atoms with Gasteiger partial charge in [-0.25, -0.2) is 8.42 Å². The lowest BCUT2D eigenvalue weighted by Gasteiger charge is -2.33. The van der Waals surface area contributed by atoms with Crippen molar-refractivity contribution in [2.24, 2.45) is 0 Å². The minimum Gasteiger partial charge on any atom is -0.481 e. The molecule has 0 aromatic heterocycles. The molecule has 1 rings (SSSR count). The fourth-order valence-electron chi connectivity index (χ4n) is 2.05.